The van der Waals surface area contributed by atoms with E-state index in [0.717, 1.165) is 17.9 Å². The highest BCUT2D eigenvalue weighted by Crippen LogP contribution is 2.32. The zero-order valence-corrected chi connectivity index (χ0v) is 11.4. The Balaban J connectivity index is 1.86. The molecule has 1 aliphatic carbocycles. The summed E-state index contributed by atoms with van der Waals surface area (Å²) in [5, 5.41) is 5.63. The van der Waals surface area contributed by atoms with Crippen molar-refractivity contribution in [3.05, 3.63) is 23.8 Å². The van der Waals surface area contributed by atoms with Crippen LogP contribution in [0.1, 0.15) is 37.7 Å². The number of amides is 1. The summed E-state index contributed by atoms with van der Waals surface area (Å²) in [6.45, 7) is 2.85. The number of hydrogen-bond acceptors (Lipinski definition) is 3. The third kappa shape index (κ3) is 2.53. The van der Waals surface area contributed by atoms with Crippen LogP contribution in [0.2, 0.25) is 0 Å². The number of nitrogens with zero attached hydrogens (tertiary/aromatic N) is 1. The maximum atomic E-state index is 11.4. The number of nitrogens with one attached hydrogen (secondary N) is 2. The number of rotatable bonds is 3. The SMILES string of the molecule is Cc1cccc(NC2CCCC2)c1N1CCC(=O)N1. The fraction of sp³-hybridized carbons (Fsp3) is 0.533. The average molecular weight is 259 g/mol. The molecule has 2 fully saturated rings. The Labute approximate surface area is 114 Å². The molecule has 2 aliphatic rings. The van der Waals surface area contributed by atoms with Crippen molar-refractivity contribution in [2.24, 2.45) is 0 Å². The Morgan fingerprint density at radius 3 is 2.79 bits per heavy atom. The predicted octanol–water partition coefficient (Wildman–Crippen LogP) is 2.59. The van der Waals surface area contributed by atoms with Crippen LogP contribution in [-0.4, -0.2) is 18.5 Å². The lowest BCUT2D eigenvalue weighted by molar-refractivity contribution is -0.119. The molecule has 3 rings (SSSR count). The summed E-state index contributed by atoms with van der Waals surface area (Å²) in [5.41, 5.74) is 6.40. The molecule has 2 N–H and O–H groups in total. The van der Waals surface area contributed by atoms with Gasteiger partial charge in [-0.05, 0) is 31.4 Å². The van der Waals surface area contributed by atoms with Gasteiger partial charge in [0, 0.05) is 19.0 Å². The van der Waals surface area contributed by atoms with Gasteiger partial charge in [0.1, 0.15) is 0 Å². The van der Waals surface area contributed by atoms with Gasteiger partial charge in [-0.2, -0.15) is 0 Å². The van der Waals surface area contributed by atoms with E-state index in [-0.39, 0.29) is 5.91 Å². The van der Waals surface area contributed by atoms with Gasteiger partial charge in [-0.15, -0.1) is 0 Å². The Morgan fingerprint density at radius 1 is 1.32 bits per heavy atom. The van der Waals surface area contributed by atoms with Gasteiger partial charge in [0.05, 0.1) is 11.4 Å². The second-order valence-electron chi connectivity index (χ2n) is 5.53. The van der Waals surface area contributed by atoms with E-state index >= 15 is 0 Å². The van der Waals surface area contributed by atoms with E-state index in [0.29, 0.717) is 12.5 Å². The zero-order chi connectivity index (χ0) is 13.2. The lowest BCUT2D eigenvalue weighted by atomic mass is 10.1. The van der Waals surface area contributed by atoms with Crippen LogP contribution in [0.3, 0.4) is 0 Å². The molecule has 102 valence electrons. The number of benzene rings is 1. The van der Waals surface area contributed by atoms with Gasteiger partial charge in [0.15, 0.2) is 0 Å². The maximum Gasteiger partial charge on any atom is 0.240 e. The summed E-state index contributed by atoms with van der Waals surface area (Å²) >= 11 is 0. The van der Waals surface area contributed by atoms with Gasteiger partial charge < -0.3 is 5.32 Å². The number of hydrazine groups is 1. The fourth-order valence-corrected chi connectivity index (χ4v) is 3.07. The van der Waals surface area contributed by atoms with Crippen LogP contribution in [0.4, 0.5) is 11.4 Å². The van der Waals surface area contributed by atoms with Crippen molar-refractivity contribution in [1.82, 2.24) is 5.43 Å². The number of anilines is 2. The third-order valence-corrected chi connectivity index (χ3v) is 4.04. The number of carbonyl (C=O) groups is 1. The quantitative estimate of drug-likeness (QED) is 0.877. The molecule has 1 aromatic carbocycles. The van der Waals surface area contributed by atoms with Crippen LogP contribution in [0.15, 0.2) is 18.2 Å². The highest BCUT2D eigenvalue weighted by atomic mass is 16.2. The van der Waals surface area contributed by atoms with Crippen molar-refractivity contribution in [1.29, 1.82) is 0 Å². The number of carbonyl (C=O) groups excluding carboxylic acids is 1. The van der Waals surface area contributed by atoms with E-state index in [1.807, 2.05) is 5.01 Å². The van der Waals surface area contributed by atoms with E-state index in [1.54, 1.807) is 0 Å². The number of para-hydroxylation sites is 1. The van der Waals surface area contributed by atoms with E-state index in [2.05, 4.69) is 35.9 Å². The van der Waals surface area contributed by atoms with Crippen molar-refractivity contribution in [2.75, 3.05) is 16.9 Å². The van der Waals surface area contributed by atoms with E-state index in [9.17, 15) is 4.79 Å². The molecule has 0 aromatic heterocycles. The van der Waals surface area contributed by atoms with Gasteiger partial charge in [-0.3, -0.25) is 15.2 Å². The fourth-order valence-electron chi connectivity index (χ4n) is 3.07. The summed E-state index contributed by atoms with van der Waals surface area (Å²) < 4.78 is 0. The monoisotopic (exact) mass is 259 g/mol. The molecule has 0 atom stereocenters. The Morgan fingerprint density at radius 2 is 2.11 bits per heavy atom. The summed E-state index contributed by atoms with van der Waals surface area (Å²) in [5.74, 6) is 0.107. The Bertz CT molecular complexity index is 480. The smallest absolute Gasteiger partial charge is 0.240 e. The molecule has 1 heterocycles. The van der Waals surface area contributed by atoms with Crippen molar-refractivity contribution in [2.45, 2.75) is 45.1 Å². The molecule has 4 nitrogen and oxygen atoms in total. The van der Waals surface area contributed by atoms with Crippen LogP contribution >= 0.6 is 0 Å². The lowest BCUT2D eigenvalue weighted by Crippen LogP contribution is -2.34. The van der Waals surface area contributed by atoms with Crippen LogP contribution < -0.4 is 15.8 Å². The lowest BCUT2D eigenvalue weighted by Gasteiger charge is -2.25. The molecule has 1 aliphatic heterocycles. The third-order valence-electron chi connectivity index (χ3n) is 4.04. The second-order valence-corrected chi connectivity index (χ2v) is 5.53. The summed E-state index contributed by atoms with van der Waals surface area (Å²) in [6.07, 6.45) is 5.72. The first-order valence-electron chi connectivity index (χ1n) is 7.17. The van der Waals surface area contributed by atoms with Gasteiger partial charge in [-0.1, -0.05) is 25.0 Å². The molecule has 19 heavy (non-hydrogen) atoms. The minimum atomic E-state index is 0.107. The molecule has 0 spiro atoms. The van der Waals surface area contributed by atoms with E-state index in [4.69, 9.17) is 0 Å². The Kier molecular flexibility index (Phi) is 3.32. The molecular weight excluding hydrogens is 238 g/mol. The minimum absolute atomic E-state index is 0.107. The predicted molar refractivity (Wildman–Crippen MR) is 77.2 cm³/mol. The Hall–Kier alpha value is -1.71. The minimum Gasteiger partial charge on any atom is -0.381 e. The normalized spacial score (nSPS) is 19.8. The van der Waals surface area contributed by atoms with Crippen molar-refractivity contribution < 1.29 is 4.79 Å². The standard InChI is InChI=1S/C15H21N3O/c1-11-5-4-8-13(16-12-6-2-3-7-12)15(11)18-10-9-14(19)17-18/h4-5,8,12,16H,2-3,6-7,9-10H2,1H3,(H,17,19). The molecule has 1 saturated carbocycles. The van der Waals surface area contributed by atoms with Gasteiger partial charge in [-0.25, -0.2) is 0 Å². The topological polar surface area (TPSA) is 44.4 Å². The van der Waals surface area contributed by atoms with E-state index < -0.39 is 0 Å². The second kappa shape index (κ2) is 5.11. The largest absolute Gasteiger partial charge is 0.381 e. The van der Waals surface area contributed by atoms with Gasteiger partial charge in [0.2, 0.25) is 5.91 Å². The first-order chi connectivity index (χ1) is 9.24. The van der Waals surface area contributed by atoms with Crippen LogP contribution in [0.25, 0.3) is 0 Å². The van der Waals surface area contributed by atoms with Gasteiger partial charge >= 0.3 is 0 Å². The summed E-state index contributed by atoms with van der Waals surface area (Å²) in [6, 6.07) is 6.87. The molecular formula is C15H21N3O. The van der Waals surface area contributed by atoms with Crippen LogP contribution in [0.5, 0.6) is 0 Å². The summed E-state index contributed by atoms with van der Waals surface area (Å²) in [7, 11) is 0. The van der Waals surface area contributed by atoms with Gasteiger partial charge in [0.25, 0.3) is 0 Å². The van der Waals surface area contributed by atoms with Crippen LogP contribution in [0, 0.1) is 6.92 Å². The zero-order valence-electron chi connectivity index (χ0n) is 11.4. The van der Waals surface area contributed by atoms with E-state index in [1.165, 1.54) is 31.2 Å². The molecule has 1 amide bonds. The molecule has 0 bridgehead atoms. The number of hydrogen-bond donors (Lipinski definition) is 2. The molecule has 4 heteroatoms. The van der Waals surface area contributed by atoms with Crippen molar-refractivity contribution >= 4 is 17.3 Å². The van der Waals surface area contributed by atoms with Crippen molar-refractivity contribution in [3.63, 3.8) is 0 Å². The molecule has 1 saturated heterocycles. The molecule has 0 radical (unpaired) electrons. The molecule has 0 unspecified atom stereocenters. The summed E-state index contributed by atoms with van der Waals surface area (Å²) in [4.78, 5) is 11.4. The maximum absolute atomic E-state index is 11.4. The average Bonchev–Trinajstić information content (AvgIpc) is 3.01. The molecule has 1 aromatic rings. The van der Waals surface area contributed by atoms with Crippen molar-refractivity contribution in [3.8, 4) is 0 Å². The first kappa shape index (κ1) is 12.3. The number of aryl methyl sites for hydroxylation is 1. The first-order valence-corrected chi connectivity index (χ1v) is 7.17. The highest BCUT2D eigenvalue weighted by molar-refractivity contribution is 5.85. The highest BCUT2D eigenvalue weighted by Gasteiger charge is 2.24. The van der Waals surface area contributed by atoms with Crippen LogP contribution in [-0.2, 0) is 4.79 Å².